The number of fused-ring (bicyclic) bond motifs is 1. The second-order valence-electron chi connectivity index (χ2n) is 3.69. The van der Waals surface area contributed by atoms with Gasteiger partial charge < -0.3 is 0 Å². The van der Waals surface area contributed by atoms with Gasteiger partial charge in [0.25, 0.3) is 5.56 Å². The molecule has 2 rings (SSSR count). The van der Waals surface area contributed by atoms with Crippen molar-refractivity contribution in [2.24, 2.45) is 0 Å². The zero-order chi connectivity index (χ0) is 10.8. The van der Waals surface area contributed by atoms with E-state index in [1.165, 1.54) is 0 Å². The second kappa shape index (κ2) is 3.85. The minimum absolute atomic E-state index is 0.0300. The Morgan fingerprint density at radius 2 is 2.00 bits per heavy atom. The van der Waals surface area contributed by atoms with Gasteiger partial charge in [-0.2, -0.15) is 0 Å². The summed E-state index contributed by atoms with van der Waals surface area (Å²) in [5.41, 5.74) is 1.77. The van der Waals surface area contributed by atoms with Crippen molar-refractivity contribution in [3.05, 3.63) is 40.3 Å². The van der Waals surface area contributed by atoms with Gasteiger partial charge in [0.1, 0.15) is 5.65 Å². The molecule has 0 amide bonds. The normalized spacial score (nSPS) is 10.8. The molecule has 2 heterocycles. The summed E-state index contributed by atoms with van der Waals surface area (Å²) < 4.78 is 1.74. The number of hydrogen-bond donors (Lipinski definition) is 0. The molecular formula is C12H14N2O. The Morgan fingerprint density at radius 1 is 1.27 bits per heavy atom. The van der Waals surface area contributed by atoms with Crippen LogP contribution in [0.5, 0.6) is 0 Å². The number of pyridine rings is 2. The molecule has 0 saturated heterocycles. The molecule has 0 aliphatic heterocycles. The molecule has 0 fully saturated rings. The van der Waals surface area contributed by atoms with Crippen LogP contribution in [-0.2, 0) is 6.54 Å². The van der Waals surface area contributed by atoms with Gasteiger partial charge in [-0.1, -0.05) is 6.92 Å². The Morgan fingerprint density at radius 3 is 2.73 bits per heavy atom. The van der Waals surface area contributed by atoms with Gasteiger partial charge in [0, 0.05) is 23.7 Å². The number of aromatic nitrogens is 2. The molecule has 2 aromatic heterocycles. The van der Waals surface area contributed by atoms with Crippen molar-refractivity contribution >= 4 is 11.0 Å². The standard InChI is InChI=1S/C12H14N2O/c1-3-8-14-11(15)7-6-10-5-4-9(2)13-12(10)14/h4-7H,3,8H2,1-2H3. The van der Waals surface area contributed by atoms with Crippen LogP contribution in [0.4, 0.5) is 0 Å². The van der Waals surface area contributed by atoms with Crippen LogP contribution < -0.4 is 5.56 Å². The highest BCUT2D eigenvalue weighted by atomic mass is 16.1. The van der Waals surface area contributed by atoms with E-state index in [1.807, 2.05) is 25.1 Å². The monoisotopic (exact) mass is 202 g/mol. The fourth-order valence-electron chi connectivity index (χ4n) is 1.70. The van der Waals surface area contributed by atoms with Crippen molar-refractivity contribution < 1.29 is 0 Å². The summed E-state index contributed by atoms with van der Waals surface area (Å²) in [5, 5.41) is 1.02. The van der Waals surface area contributed by atoms with E-state index in [0.29, 0.717) is 0 Å². The molecule has 0 aromatic carbocycles. The summed E-state index contributed by atoms with van der Waals surface area (Å²) in [5.74, 6) is 0. The third-order valence-corrected chi connectivity index (χ3v) is 2.42. The Balaban J connectivity index is 2.78. The largest absolute Gasteiger partial charge is 0.293 e. The fourth-order valence-corrected chi connectivity index (χ4v) is 1.70. The van der Waals surface area contributed by atoms with Crippen molar-refractivity contribution in [2.75, 3.05) is 0 Å². The van der Waals surface area contributed by atoms with Gasteiger partial charge in [0.05, 0.1) is 0 Å². The van der Waals surface area contributed by atoms with Crippen LogP contribution in [0.25, 0.3) is 11.0 Å². The smallest absolute Gasteiger partial charge is 0.252 e. The van der Waals surface area contributed by atoms with Crippen molar-refractivity contribution in [3.63, 3.8) is 0 Å². The average Bonchev–Trinajstić information content (AvgIpc) is 2.23. The first-order valence-electron chi connectivity index (χ1n) is 5.19. The van der Waals surface area contributed by atoms with Crippen molar-refractivity contribution in [3.8, 4) is 0 Å². The van der Waals surface area contributed by atoms with Gasteiger partial charge in [-0.15, -0.1) is 0 Å². The van der Waals surface area contributed by atoms with E-state index in [0.717, 1.165) is 29.7 Å². The molecule has 0 N–H and O–H groups in total. The zero-order valence-corrected chi connectivity index (χ0v) is 9.03. The van der Waals surface area contributed by atoms with E-state index in [1.54, 1.807) is 10.6 Å². The lowest BCUT2D eigenvalue weighted by molar-refractivity contribution is 0.671. The van der Waals surface area contributed by atoms with Crippen molar-refractivity contribution in [2.45, 2.75) is 26.8 Å². The predicted molar refractivity (Wildman–Crippen MR) is 61.0 cm³/mol. The lowest BCUT2D eigenvalue weighted by Gasteiger charge is -2.07. The quantitative estimate of drug-likeness (QED) is 0.747. The summed E-state index contributed by atoms with van der Waals surface area (Å²) in [6, 6.07) is 7.40. The molecule has 78 valence electrons. The molecule has 0 radical (unpaired) electrons. The van der Waals surface area contributed by atoms with Crippen LogP contribution >= 0.6 is 0 Å². The van der Waals surface area contributed by atoms with Crippen molar-refractivity contribution in [1.29, 1.82) is 0 Å². The van der Waals surface area contributed by atoms with Gasteiger partial charge in [0.2, 0.25) is 0 Å². The third-order valence-electron chi connectivity index (χ3n) is 2.42. The van der Waals surface area contributed by atoms with E-state index < -0.39 is 0 Å². The molecule has 0 bridgehead atoms. The molecule has 2 aromatic rings. The Labute approximate surface area is 88.4 Å². The molecule has 15 heavy (non-hydrogen) atoms. The van der Waals surface area contributed by atoms with Crippen LogP contribution in [0.3, 0.4) is 0 Å². The third kappa shape index (κ3) is 1.77. The molecule has 0 unspecified atom stereocenters. The van der Waals surface area contributed by atoms with Gasteiger partial charge in [-0.3, -0.25) is 9.36 Å². The first-order chi connectivity index (χ1) is 7.22. The maximum atomic E-state index is 11.7. The number of nitrogens with zero attached hydrogens (tertiary/aromatic N) is 2. The maximum Gasteiger partial charge on any atom is 0.252 e. The maximum absolute atomic E-state index is 11.7. The molecule has 0 saturated carbocycles. The first-order valence-corrected chi connectivity index (χ1v) is 5.19. The van der Waals surface area contributed by atoms with Crippen LogP contribution in [-0.4, -0.2) is 9.55 Å². The van der Waals surface area contributed by atoms with Crippen LogP contribution in [0.1, 0.15) is 19.0 Å². The van der Waals surface area contributed by atoms with E-state index in [2.05, 4.69) is 11.9 Å². The summed E-state index contributed by atoms with van der Waals surface area (Å²) in [4.78, 5) is 16.1. The number of aryl methyl sites for hydroxylation is 2. The molecule has 3 nitrogen and oxygen atoms in total. The lowest BCUT2D eigenvalue weighted by Crippen LogP contribution is -2.19. The Hall–Kier alpha value is -1.64. The lowest BCUT2D eigenvalue weighted by atomic mass is 10.2. The molecule has 0 aliphatic rings. The minimum Gasteiger partial charge on any atom is -0.293 e. The molecule has 0 spiro atoms. The fraction of sp³-hybridized carbons (Fsp3) is 0.333. The van der Waals surface area contributed by atoms with Gasteiger partial charge in [-0.25, -0.2) is 4.98 Å². The van der Waals surface area contributed by atoms with Crippen LogP contribution in [0.15, 0.2) is 29.1 Å². The van der Waals surface area contributed by atoms with E-state index in [4.69, 9.17) is 0 Å². The molecule has 3 heteroatoms. The highest BCUT2D eigenvalue weighted by molar-refractivity contribution is 5.74. The second-order valence-corrected chi connectivity index (χ2v) is 3.69. The van der Waals surface area contributed by atoms with Gasteiger partial charge in [0.15, 0.2) is 0 Å². The van der Waals surface area contributed by atoms with Crippen molar-refractivity contribution in [1.82, 2.24) is 9.55 Å². The highest BCUT2D eigenvalue weighted by Gasteiger charge is 2.03. The summed E-state index contributed by atoms with van der Waals surface area (Å²) >= 11 is 0. The number of rotatable bonds is 2. The van der Waals surface area contributed by atoms with Crippen LogP contribution in [0, 0.1) is 6.92 Å². The van der Waals surface area contributed by atoms with E-state index in [9.17, 15) is 4.79 Å². The summed E-state index contributed by atoms with van der Waals surface area (Å²) in [6.45, 7) is 4.72. The highest BCUT2D eigenvalue weighted by Crippen LogP contribution is 2.10. The van der Waals surface area contributed by atoms with Gasteiger partial charge >= 0.3 is 0 Å². The van der Waals surface area contributed by atoms with E-state index in [-0.39, 0.29) is 5.56 Å². The molecule has 0 aliphatic carbocycles. The minimum atomic E-state index is 0.0300. The van der Waals surface area contributed by atoms with Crippen LogP contribution in [0.2, 0.25) is 0 Å². The zero-order valence-electron chi connectivity index (χ0n) is 9.03. The van der Waals surface area contributed by atoms with E-state index >= 15 is 0 Å². The predicted octanol–water partition coefficient (Wildman–Crippen LogP) is 2.11. The summed E-state index contributed by atoms with van der Waals surface area (Å²) in [6.07, 6.45) is 0.939. The average molecular weight is 202 g/mol. The molecule has 0 atom stereocenters. The summed E-state index contributed by atoms with van der Waals surface area (Å²) in [7, 11) is 0. The number of hydrogen-bond acceptors (Lipinski definition) is 2. The Bertz CT molecular complexity index is 543. The van der Waals surface area contributed by atoms with Gasteiger partial charge in [-0.05, 0) is 31.5 Å². The topological polar surface area (TPSA) is 34.9 Å². The SMILES string of the molecule is CCCn1c(=O)ccc2ccc(C)nc21. The first kappa shape index (κ1) is 9.90. The Kier molecular flexibility index (Phi) is 2.54. The molecular weight excluding hydrogens is 188 g/mol.